The number of amides is 2. The third-order valence-corrected chi connectivity index (χ3v) is 2.23. The summed E-state index contributed by atoms with van der Waals surface area (Å²) < 4.78 is 4.62. The van der Waals surface area contributed by atoms with Gasteiger partial charge in [-0.25, -0.2) is 9.59 Å². The van der Waals surface area contributed by atoms with Gasteiger partial charge < -0.3 is 21.1 Å². The molecule has 1 rings (SSSR count). The number of methoxy groups -OCH3 is 1. The molecule has 0 aliphatic rings. The van der Waals surface area contributed by atoms with Gasteiger partial charge in [0.05, 0.1) is 12.7 Å². The summed E-state index contributed by atoms with van der Waals surface area (Å²) in [5, 5.41) is 5.24. The molecule has 0 aromatic heterocycles. The number of hydrogen-bond donors (Lipinski definition) is 3. The third-order valence-electron chi connectivity index (χ3n) is 2.23. The van der Waals surface area contributed by atoms with Crippen LogP contribution in [0, 0.1) is 0 Å². The molecule has 0 radical (unpaired) electrons. The molecule has 18 heavy (non-hydrogen) atoms. The predicted octanol–water partition coefficient (Wildman–Crippen LogP) is 0.231. The van der Waals surface area contributed by atoms with E-state index < -0.39 is 5.97 Å². The predicted molar refractivity (Wildman–Crippen MR) is 67.1 cm³/mol. The first kappa shape index (κ1) is 14.0. The molecule has 4 N–H and O–H groups in total. The van der Waals surface area contributed by atoms with Gasteiger partial charge in [-0.1, -0.05) is 12.1 Å². The molecular formula is C12H17N3O3. The number of urea groups is 1. The maximum Gasteiger partial charge on any atom is 0.337 e. The van der Waals surface area contributed by atoms with Gasteiger partial charge in [-0.2, -0.15) is 0 Å². The van der Waals surface area contributed by atoms with E-state index in [0.717, 1.165) is 5.56 Å². The van der Waals surface area contributed by atoms with Crippen molar-refractivity contribution in [1.29, 1.82) is 0 Å². The Labute approximate surface area is 105 Å². The van der Waals surface area contributed by atoms with Crippen molar-refractivity contribution in [3.05, 3.63) is 35.4 Å². The summed E-state index contributed by atoms with van der Waals surface area (Å²) in [7, 11) is 1.33. The van der Waals surface area contributed by atoms with Gasteiger partial charge in [-0.15, -0.1) is 0 Å². The molecule has 0 unspecified atom stereocenters. The van der Waals surface area contributed by atoms with Crippen molar-refractivity contribution < 1.29 is 14.3 Å². The second-order valence-electron chi connectivity index (χ2n) is 3.59. The number of carbonyl (C=O) groups is 2. The number of hydrogen-bond acceptors (Lipinski definition) is 4. The molecule has 0 saturated carbocycles. The van der Waals surface area contributed by atoms with Gasteiger partial charge in [0.25, 0.3) is 0 Å². The van der Waals surface area contributed by atoms with Crippen LogP contribution in [0.4, 0.5) is 4.79 Å². The molecular weight excluding hydrogens is 234 g/mol. The highest BCUT2D eigenvalue weighted by atomic mass is 16.5. The van der Waals surface area contributed by atoms with E-state index in [9.17, 15) is 9.59 Å². The third kappa shape index (κ3) is 4.42. The average Bonchev–Trinajstić information content (AvgIpc) is 2.42. The Balaban J connectivity index is 2.52. The fourth-order valence-corrected chi connectivity index (χ4v) is 1.36. The summed E-state index contributed by atoms with van der Waals surface area (Å²) in [5.74, 6) is -0.399. The Morgan fingerprint density at radius 3 is 2.78 bits per heavy atom. The number of benzene rings is 1. The minimum Gasteiger partial charge on any atom is -0.465 e. The van der Waals surface area contributed by atoms with Crippen LogP contribution < -0.4 is 16.4 Å². The fraction of sp³-hybridized carbons (Fsp3) is 0.333. The van der Waals surface area contributed by atoms with Gasteiger partial charge in [0, 0.05) is 19.6 Å². The van der Waals surface area contributed by atoms with E-state index in [1.54, 1.807) is 18.2 Å². The lowest BCUT2D eigenvalue weighted by Gasteiger charge is -2.07. The summed E-state index contributed by atoms with van der Waals surface area (Å²) in [4.78, 5) is 22.6. The van der Waals surface area contributed by atoms with Crippen LogP contribution in [-0.2, 0) is 11.3 Å². The van der Waals surface area contributed by atoms with Crippen molar-refractivity contribution in [2.24, 2.45) is 5.73 Å². The molecule has 6 heteroatoms. The molecule has 98 valence electrons. The van der Waals surface area contributed by atoms with Gasteiger partial charge in [0.15, 0.2) is 0 Å². The molecule has 1 aromatic rings. The summed E-state index contributed by atoms with van der Waals surface area (Å²) >= 11 is 0. The van der Waals surface area contributed by atoms with Crippen molar-refractivity contribution in [3.8, 4) is 0 Å². The van der Waals surface area contributed by atoms with Crippen molar-refractivity contribution >= 4 is 12.0 Å². The highest BCUT2D eigenvalue weighted by Gasteiger charge is 2.06. The number of esters is 1. The lowest BCUT2D eigenvalue weighted by Crippen LogP contribution is -2.37. The van der Waals surface area contributed by atoms with Crippen molar-refractivity contribution in [2.45, 2.75) is 6.54 Å². The van der Waals surface area contributed by atoms with E-state index in [1.807, 2.05) is 6.07 Å². The van der Waals surface area contributed by atoms with E-state index in [4.69, 9.17) is 5.73 Å². The second-order valence-corrected chi connectivity index (χ2v) is 3.59. The molecule has 0 bridgehead atoms. The van der Waals surface area contributed by atoms with Crippen LogP contribution in [-0.4, -0.2) is 32.2 Å². The van der Waals surface area contributed by atoms with Crippen LogP contribution in [0.5, 0.6) is 0 Å². The Morgan fingerprint density at radius 1 is 1.33 bits per heavy atom. The van der Waals surface area contributed by atoms with Gasteiger partial charge in [0.2, 0.25) is 0 Å². The topological polar surface area (TPSA) is 93.4 Å². The molecule has 2 amide bonds. The van der Waals surface area contributed by atoms with Gasteiger partial charge in [-0.3, -0.25) is 0 Å². The van der Waals surface area contributed by atoms with Crippen LogP contribution in [0.25, 0.3) is 0 Å². The van der Waals surface area contributed by atoms with E-state index in [2.05, 4.69) is 15.4 Å². The maximum atomic E-state index is 11.3. The normalized spacial score (nSPS) is 9.67. The van der Waals surface area contributed by atoms with Gasteiger partial charge in [-0.05, 0) is 17.7 Å². The van der Waals surface area contributed by atoms with Crippen LogP contribution in [0.1, 0.15) is 15.9 Å². The van der Waals surface area contributed by atoms with Crippen molar-refractivity contribution in [3.63, 3.8) is 0 Å². The lowest BCUT2D eigenvalue weighted by atomic mass is 10.1. The quantitative estimate of drug-likeness (QED) is 0.653. The molecule has 0 aliphatic heterocycles. The van der Waals surface area contributed by atoms with Crippen molar-refractivity contribution in [1.82, 2.24) is 10.6 Å². The average molecular weight is 251 g/mol. The van der Waals surface area contributed by atoms with E-state index >= 15 is 0 Å². The molecule has 0 atom stereocenters. The molecule has 6 nitrogen and oxygen atoms in total. The zero-order valence-electron chi connectivity index (χ0n) is 10.2. The first-order chi connectivity index (χ1) is 8.67. The van der Waals surface area contributed by atoms with Crippen LogP contribution in [0.15, 0.2) is 24.3 Å². The molecule has 0 aliphatic carbocycles. The highest BCUT2D eigenvalue weighted by molar-refractivity contribution is 5.89. The number of rotatable bonds is 5. The number of nitrogens with one attached hydrogen (secondary N) is 2. The largest absolute Gasteiger partial charge is 0.465 e. The Kier molecular flexibility index (Phi) is 5.66. The SMILES string of the molecule is COC(=O)c1cccc(CNC(=O)NCCN)c1. The first-order valence-corrected chi connectivity index (χ1v) is 5.56. The summed E-state index contributed by atoms with van der Waals surface area (Å²) in [6, 6.07) is 6.60. The number of nitrogens with two attached hydrogens (primary N) is 1. The summed E-state index contributed by atoms with van der Waals surface area (Å²) in [6.45, 7) is 1.15. The fourth-order valence-electron chi connectivity index (χ4n) is 1.36. The second kappa shape index (κ2) is 7.29. The van der Waals surface area contributed by atoms with E-state index in [0.29, 0.717) is 25.2 Å². The van der Waals surface area contributed by atoms with Crippen LogP contribution >= 0.6 is 0 Å². The van der Waals surface area contributed by atoms with Crippen LogP contribution in [0.2, 0.25) is 0 Å². The maximum absolute atomic E-state index is 11.3. The lowest BCUT2D eigenvalue weighted by molar-refractivity contribution is 0.0600. The van der Waals surface area contributed by atoms with E-state index in [-0.39, 0.29) is 6.03 Å². The van der Waals surface area contributed by atoms with Crippen molar-refractivity contribution in [2.75, 3.05) is 20.2 Å². The molecule has 0 heterocycles. The number of carbonyl (C=O) groups excluding carboxylic acids is 2. The summed E-state index contributed by atoms with van der Waals surface area (Å²) in [6.07, 6.45) is 0. The standard InChI is InChI=1S/C12H17N3O3/c1-18-11(16)10-4-2-3-9(7-10)8-15-12(17)14-6-5-13/h2-4,7H,5-6,8,13H2,1H3,(H2,14,15,17). The van der Waals surface area contributed by atoms with Gasteiger partial charge >= 0.3 is 12.0 Å². The smallest absolute Gasteiger partial charge is 0.337 e. The molecule has 0 spiro atoms. The van der Waals surface area contributed by atoms with Crippen LogP contribution in [0.3, 0.4) is 0 Å². The Bertz CT molecular complexity index is 421. The minimum atomic E-state index is -0.399. The molecule has 0 saturated heterocycles. The monoisotopic (exact) mass is 251 g/mol. The zero-order valence-corrected chi connectivity index (χ0v) is 10.2. The Morgan fingerprint density at radius 2 is 2.11 bits per heavy atom. The van der Waals surface area contributed by atoms with E-state index in [1.165, 1.54) is 7.11 Å². The highest BCUT2D eigenvalue weighted by Crippen LogP contribution is 2.06. The minimum absolute atomic E-state index is 0.288. The summed E-state index contributed by atoms with van der Waals surface area (Å²) in [5.41, 5.74) is 6.54. The zero-order chi connectivity index (χ0) is 13.4. The first-order valence-electron chi connectivity index (χ1n) is 5.56. The molecule has 1 aromatic carbocycles. The number of ether oxygens (including phenoxy) is 1. The Hall–Kier alpha value is -2.08. The van der Waals surface area contributed by atoms with Gasteiger partial charge in [0.1, 0.15) is 0 Å². The molecule has 0 fully saturated rings.